The minimum absolute atomic E-state index is 0.120. The van der Waals surface area contributed by atoms with Crippen LogP contribution in [-0.4, -0.2) is 32.0 Å². The van der Waals surface area contributed by atoms with Crippen molar-refractivity contribution in [1.29, 1.82) is 0 Å². The van der Waals surface area contributed by atoms with Crippen LogP contribution < -0.4 is 16.0 Å². The zero-order valence-corrected chi connectivity index (χ0v) is 15.3. The monoisotopic (exact) mass is 364 g/mol. The van der Waals surface area contributed by atoms with E-state index in [1.807, 2.05) is 0 Å². The molecule has 0 atom stereocenters. The van der Waals surface area contributed by atoms with Gasteiger partial charge in [-0.15, -0.1) is 11.3 Å². The zero-order valence-electron chi connectivity index (χ0n) is 13.7. The molecule has 3 N–H and O–H groups in total. The highest BCUT2D eigenvalue weighted by Crippen LogP contribution is 2.14. The molecule has 2 rings (SSSR count). The van der Waals surface area contributed by atoms with Crippen LogP contribution in [0.3, 0.4) is 0 Å². The quantitative estimate of drug-likeness (QED) is 0.419. The minimum atomic E-state index is -0.120. The summed E-state index contributed by atoms with van der Waals surface area (Å²) in [6, 6.07) is 11.0. The Bertz CT molecular complexity index is 697. The molecule has 0 saturated heterocycles. The van der Waals surface area contributed by atoms with E-state index in [1.165, 1.54) is 9.75 Å². The second-order valence-electron chi connectivity index (χ2n) is 5.13. The molecule has 0 aliphatic rings. The first-order valence-electron chi connectivity index (χ1n) is 7.62. The van der Waals surface area contributed by atoms with Gasteiger partial charge < -0.3 is 16.0 Å². The van der Waals surface area contributed by atoms with E-state index in [4.69, 9.17) is 11.6 Å². The van der Waals surface area contributed by atoms with E-state index in [-0.39, 0.29) is 5.91 Å². The first-order chi connectivity index (χ1) is 11.6. The van der Waals surface area contributed by atoms with Gasteiger partial charge in [-0.05, 0) is 43.3 Å². The predicted octanol–water partition coefficient (Wildman–Crippen LogP) is 2.80. The van der Waals surface area contributed by atoms with Gasteiger partial charge in [-0.2, -0.15) is 0 Å². The molecule has 0 aliphatic carbocycles. The fourth-order valence-electron chi connectivity index (χ4n) is 2.03. The van der Waals surface area contributed by atoms with Crippen LogP contribution in [-0.2, 0) is 6.54 Å². The third kappa shape index (κ3) is 5.86. The standard InChI is InChI=1S/C17H21ClN4OS/c1-12-3-8-15(24-12)11-22-17(19-2)21-10-9-20-16(23)13-4-6-14(18)7-5-13/h3-8H,9-11H2,1-2H3,(H,20,23)(H2,19,21,22). The number of aliphatic imine (C=N–C) groups is 1. The Balaban J connectivity index is 1.68. The molecule has 0 radical (unpaired) electrons. The molecule has 0 aliphatic heterocycles. The van der Waals surface area contributed by atoms with Gasteiger partial charge in [0, 0.05) is 40.5 Å². The molecule has 5 nitrogen and oxygen atoms in total. The van der Waals surface area contributed by atoms with Crippen LogP contribution >= 0.6 is 22.9 Å². The molecule has 128 valence electrons. The van der Waals surface area contributed by atoms with Crippen molar-refractivity contribution in [1.82, 2.24) is 16.0 Å². The summed E-state index contributed by atoms with van der Waals surface area (Å²) in [7, 11) is 1.72. The molecule has 0 spiro atoms. The van der Waals surface area contributed by atoms with Gasteiger partial charge in [0.25, 0.3) is 5.91 Å². The van der Waals surface area contributed by atoms with Crippen LogP contribution in [0.2, 0.25) is 5.02 Å². The van der Waals surface area contributed by atoms with E-state index in [1.54, 1.807) is 42.6 Å². The number of nitrogens with zero attached hydrogens (tertiary/aromatic N) is 1. The highest BCUT2D eigenvalue weighted by Gasteiger charge is 2.04. The van der Waals surface area contributed by atoms with Crippen molar-refractivity contribution in [2.45, 2.75) is 13.5 Å². The maximum absolute atomic E-state index is 12.0. The fourth-order valence-corrected chi connectivity index (χ4v) is 2.99. The predicted molar refractivity (Wildman–Crippen MR) is 101 cm³/mol. The number of benzene rings is 1. The Morgan fingerprint density at radius 3 is 2.42 bits per heavy atom. The molecule has 1 aromatic heterocycles. The smallest absolute Gasteiger partial charge is 0.251 e. The van der Waals surface area contributed by atoms with Gasteiger partial charge in [0.15, 0.2) is 5.96 Å². The van der Waals surface area contributed by atoms with Crippen molar-refractivity contribution in [2.75, 3.05) is 20.1 Å². The largest absolute Gasteiger partial charge is 0.355 e. The molecule has 0 saturated carbocycles. The lowest BCUT2D eigenvalue weighted by Crippen LogP contribution is -2.41. The SMILES string of the molecule is CN=C(NCCNC(=O)c1ccc(Cl)cc1)NCc1ccc(C)s1. The Hall–Kier alpha value is -2.05. The maximum atomic E-state index is 12.0. The molecule has 24 heavy (non-hydrogen) atoms. The lowest BCUT2D eigenvalue weighted by atomic mass is 10.2. The average molecular weight is 365 g/mol. The summed E-state index contributed by atoms with van der Waals surface area (Å²) in [6.45, 7) is 3.91. The van der Waals surface area contributed by atoms with E-state index in [0.717, 1.165) is 6.54 Å². The molecule has 2 aromatic rings. The molecule has 7 heteroatoms. The van der Waals surface area contributed by atoms with Crippen LogP contribution in [0.15, 0.2) is 41.4 Å². The summed E-state index contributed by atoms with van der Waals surface area (Å²) in [6.07, 6.45) is 0. The van der Waals surface area contributed by atoms with Gasteiger partial charge >= 0.3 is 0 Å². The second kappa shape index (κ2) is 9.30. The Morgan fingerprint density at radius 2 is 1.79 bits per heavy atom. The second-order valence-corrected chi connectivity index (χ2v) is 6.94. The topological polar surface area (TPSA) is 65.5 Å². The van der Waals surface area contributed by atoms with Gasteiger partial charge in [-0.1, -0.05) is 11.6 Å². The van der Waals surface area contributed by atoms with Crippen LogP contribution in [0.1, 0.15) is 20.1 Å². The zero-order chi connectivity index (χ0) is 17.4. The molecule has 0 unspecified atom stereocenters. The number of nitrogens with one attached hydrogen (secondary N) is 3. The van der Waals surface area contributed by atoms with Crippen LogP contribution in [0.25, 0.3) is 0 Å². The lowest BCUT2D eigenvalue weighted by molar-refractivity contribution is 0.0954. The molecule has 1 amide bonds. The van der Waals surface area contributed by atoms with E-state index in [9.17, 15) is 4.79 Å². The van der Waals surface area contributed by atoms with Crippen LogP contribution in [0, 0.1) is 6.92 Å². The molecule has 0 fully saturated rings. The van der Waals surface area contributed by atoms with Crippen LogP contribution in [0.4, 0.5) is 0 Å². The number of aryl methyl sites for hydroxylation is 1. The number of rotatable bonds is 6. The summed E-state index contributed by atoms with van der Waals surface area (Å²) < 4.78 is 0. The molecule has 1 heterocycles. The number of hydrogen-bond donors (Lipinski definition) is 3. The third-order valence-corrected chi connectivity index (χ3v) is 4.51. The van der Waals surface area contributed by atoms with Crippen molar-refractivity contribution in [3.05, 3.63) is 56.7 Å². The Labute approximate surface area is 151 Å². The van der Waals surface area contributed by atoms with E-state index in [0.29, 0.717) is 29.6 Å². The molecule has 0 bridgehead atoms. The normalized spacial score (nSPS) is 11.2. The first-order valence-corrected chi connectivity index (χ1v) is 8.81. The number of carbonyl (C=O) groups excluding carboxylic acids is 1. The lowest BCUT2D eigenvalue weighted by Gasteiger charge is -2.11. The number of halogens is 1. The van der Waals surface area contributed by atoms with Crippen LogP contribution in [0.5, 0.6) is 0 Å². The average Bonchev–Trinajstić information content (AvgIpc) is 3.00. The number of hydrogen-bond acceptors (Lipinski definition) is 3. The van der Waals surface area contributed by atoms with Crippen molar-refractivity contribution in [3.8, 4) is 0 Å². The number of thiophene rings is 1. The highest BCUT2D eigenvalue weighted by molar-refractivity contribution is 7.11. The Morgan fingerprint density at radius 1 is 1.08 bits per heavy atom. The number of guanidine groups is 1. The van der Waals surface area contributed by atoms with Crippen molar-refractivity contribution < 1.29 is 4.79 Å². The Kier molecular flexibility index (Phi) is 7.08. The van der Waals surface area contributed by atoms with Gasteiger partial charge in [0.05, 0.1) is 6.54 Å². The highest BCUT2D eigenvalue weighted by atomic mass is 35.5. The fraction of sp³-hybridized carbons (Fsp3) is 0.294. The maximum Gasteiger partial charge on any atom is 0.251 e. The summed E-state index contributed by atoms with van der Waals surface area (Å²) >= 11 is 7.57. The van der Waals surface area contributed by atoms with E-state index in [2.05, 4.69) is 40.0 Å². The van der Waals surface area contributed by atoms with E-state index < -0.39 is 0 Å². The number of amides is 1. The van der Waals surface area contributed by atoms with Crippen molar-refractivity contribution in [3.63, 3.8) is 0 Å². The van der Waals surface area contributed by atoms with Crippen molar-refractivity contribution >= 4 is 34.8 Å². The van der Waals surface area contributed by atoms with Gasteiger partial charge in [-0.25, -0.2) is 0 Å². The molecular weight excluding hydrogens is 344 g/mol. The molecular formula is C17H21ClN4OS. The first kappa shape index (κ1) is 18.3. The third-order valence-electron chi connectivity index (χ3n) is 3.26. The van der Waals surface area contributed by atoms with Gasteiger partial charge in [0.1, 0.15) is 0 Å². The van der Waals surface area contributed by atoms with Gasteiger partial charge in [0.2, 0.25) is 0 Å². The minimum Gasteiger partial charge on any atom is -0.355 e. The van der Waals surface area contributed by atoms with Gasteiger partial charge in [-0.3, -0.25) is 9.79 Å². The summed E-state index contributed by atoms with van der Waals surface area (Å²) in [5.41, 5.74) is 0.593. The van der Waals surface area contributed by atoms with E-state index >= 15 is 0 Å². The summed E-state index contributed by atoms with van der Waals surface area (Å²) in [5, 5.41) is 9.88. The number of carbonyl (C=O) groups is 1. The molecule has 1 aromatic carbocycles. The summed E-state index contributed by atoms with van der Waals surface area (Å²) in [4.78, 5) is 18.7. The van der Waals surface area contributed by atoms with Crippen molar-refractivity contribution in [2.24, 2.45) is 4.99 Å². The summed E-state index contributed by atoms with van der Waals surface area (Å²) in [5.74, 6) is 0.590.